The quantitative estimate of drug-likeness (QED) is 0.746. The fourth-order valence-electron chi connectivity index (χ4n) is 0.859. The fraction of sp³-hybridized carbons (Fsp3) is 0.273. The minimum absolute atomic E-state index is 0.546. The van der Waals surface area contributed by atoms with Crippen LogP contribution in [-0.4, -0.2) is 29.9 Å². The molecule has 0 N–H and O–H groups in total. The minimum atomic E-state index is 0.546. The average Bonchev–Trinajstić information content (AvgIpc) is 2.15. The SMILES string of the molecule is CC[Se]/C=C\[Se]c1ccc(C)cc1. The van der Waals surface area contributed by atoms with Gasteiger partial charge in [-0.05, 0) is 0 Å². The summed E-state index contributed by atoms with van der Waals surface area (Å²) >= 11 is 1.27. The van der Waals surface area contributed by atoms with Gasteiger partial charge in [0.25, 0.3) is 0 Å². The first-order valence-corrected chi connectivity index (χ1v) is 8.37. The van der Waals surface area contributed by atoms with Gasteiger partial charge >= 0.3 is 93.3 Å². The molecule has 1 aromatic carbocycles. The van der Waals surface area contributed by atoms with E-state index in [0.29, 0.717) is 15.0 Å². The molecule has 0 aromatic heterocycles. The van der Waals surface area contributed by atoms with E-state index in [-0.39, 0.29) is 0 Å². The summed E-state index contributed by atoms with van der Waals surface area (Å²) in [5, 5.41) is 1.31. The van der Waals surface area contributed by atoms with Crippen LogP contribution in [0, 0.1) is 6.92 Å². The molecule has 0 aliphatic heterocycles. The summed E-state index contributed by atoms with van der Waals surface area (Å²) in [5.41, 5.74) is 1.35. The van der Waals surface area contributed by atoms with Gasteiger partial charge in [-0.1, -0.05) is 0 Å². The van der Waals surface area contributed by atoms with Crippen molar-refractivity contribution in [1.82, 2.24) is 0 Å². The van der Waals surface area contributed by atoms with Crippen molar-refractivity contribution in [1.29, 1.82) is 0 Å². The van der Waals surface area contributed by atoms with Gasteiger partial charge in [-0.25, -0.2) is 0 Å². The second-order valence-electron chi connectivity index (χ2n) is 2.66. The van der Waals surface area contributed by atoms with Crippen molar-refractivity contribution in [2.75, 3.05) is 0 Å². The molecule has 13 heavy (non-hydrogen) atoms. The van der Waals surface area contributed by atoms with Crippen molar-refractivity contribution in [3.8, 4) is 0 Å². The Hall–Kier alpha value is -0.00104. The first-order valence-electron chi connectivity index (χ1n) is 4.33. The Labute approximate surface area is 93.1 Å². The zero-order valence-electron chi connectivity index (χ0n) is 7.99. The van der Waals surface area contributed by atoms with Crippen molar-refractivity contribution in [3.05, 3.63) is 39.8 Å². The fourth-order valence-corrected chi connectivity index (χ4v) is 3.95. The molecule has 0 saturated heterocycles. The van der Waals surface area contributed by atoms with E-state index in [9.17, 15) is 0 Å². The zero-order valence-corrected chi connectivity index (χ0v) is 11.4. The Kier molecular flexibility index (Phi) is 5.50. The van der Waals surface area contributed by atoms with Crippen LogP contribution in [-0.2, 0) is 0 Å². The molecule has 1 aromatic rings. The van der Waals surface area contributed by atoms with Crippen LogP contribution < -0.4 is 4.46 Å². The molecule has 0 spiro atoms. The van der Waals surface area contributed by atoms with Crippen molar-refractivity contribution in [2.45, 2.75) is 19.2 Å². The first-order chi connectivity index (χ1) is 6.33. The third-order valence-electron chi connectivity index (χ3n) is 1.54. The van der Waals surface area contributed by atoms with Crippen LogP contribution in [0.5, 0.6) is 0 Å². The molecule has 0 unspecified atom stereocenters. The number of rotatable bonds is 4. The monoisotopic (exact) mass is 306 g/mol. The molecule has 70 valence electrons. The van der Waals surface area contributed by atoms with Crippen LogP contribution in [0.2, 0.25) is 5.32 Å². The van der Waals surface area contributed by atoms with Gasteiger partial charge in [-0.3, -0.25) is 0 Å². The molecule has 0 bridgehead atoms. The molecular weight excluding hydrogens is 290 g/mol. The molecule has 0 heterocycles. The van der Waals surface area contributed by atoms with Crippen LogP contribution in [0.1, 0.15) is 12.5 Å². The van der Waals surface area contributed by atoms with Crippen LogP contribution >= 0.6 is 0 Å². The molecule has 1 rings (SSSR count). The van der Waals surface area contributed by atoms with Gasteiger partial charge in [0.15, 0.2) is 0 Å². The maximum atomic E-state index is 2.35. The predicted octanol–water partition coefficient (Wildman–Crippen LogP) is 1.94. The Bertz CT molecular complexity index is 262. The van der Waals surface area contributed by atoms with Crippen LogP contribution in [0.25, 0.3) is 0 Å². The normalized spacial score (nSPS) is 10.9. The van der Waals surface area contributed by atoms with Crippen molar-refractivity contribution in [3.63, 3.8) is 0 Å². The third-order valence-corrected chi connectivity index (χ3v) is 5.52. The first kappa shape index (κ1) is 11.1. The summed E-state index contributed by atoms with van der Waals surface area (Å²) in [4.78, 5) is 4.70. The third kappa shape index (κ3) is 4.69. The Morgan fingerprint density at radius 3 is 2.46 bits per heavy atom. The van der Waals surface area contributed by atoms with Gasteiger partial charge in [0, 0.05) is 0 Å². The number of hydrogen-bond donors (Lipinski definition) is 0. The molecule has 0 fully saturated rings. The second kappa shape index (κ2) is 6.45. The van der Waals surface area contributed by atoms with E-state index in [0.717, 1.165) is 15.0 Å². The maximum absolute atomic E-state index is 2.35. The van der Waals surface area contributed by atoms with E-state index in [1.807, 2.05) is 0 Å². The van der Waals surface area contributed by atoms with Crippen LogP contribution in [0.3, 0.4) is 0 Å². The number of benzene rings is 1. The molecule has 0 atom stereocenters. The van der Waals surface area contributed by atoms with E-state index < -0.39 is 0 Å². The van der Waals surface area contributed by atoms with Gasteiger partial charge in [0.2, 0.25) is 0 Å². The predicted molar refractivity (Wildman–Crippen MR) is 61.9 cm³/mol. The molecular formula is C11H14Se2. The van der Waals surface area contributed by atoms with Crippen molar-refractivity contribution >= 4 is 34.4 Å². The summed E-state index contributed by atoms with van der Waals surface area (Å²) in [6, 6.07) is 8.85. The molecule has 0 amide bonds. The molecule has 0 aliphatic carbocycles. The Morgan fingerprint density at radius 2 is 1.85 bits per heavy atom. The van der Waals surface area contributed by atoms with E-state index in [4.69, 9.17) is 0 Å². The summed E-state index contributed by atoms with van der Waals surface area (Å²) < 4.78 is 1.47. The van der Waals surface area contributed by atoms with Crippen LogP contribution in [0.15, 0.2) is 34.2 Å². The average molecular weight is 304 g/mol. The van der Waals surface area contributed by atoms with Crippen molar-refractivity contribution in [2.24, 2.45) is 0 Å². The van der Waals surface area contributed by atoms with Gasteiger partial charge in [0.1, 0.15) is 0 Å². The Morgan fingerprint density at radius 1 is 1.15 bits per heavy atom. The number of aryl methyl sites for hydroxylation is 1. The van der Waals surface area contributed by atoms with Crippen LogP contribution in [0.4, 0.5) is 0 Å². The topological polar surface area (TPSA) is 0 Å². The van der Waals surface area contributed by atoms with E-state index in [2.05, 4.69) is 48.1 Å². The standard InChI is InChI=1S/C11H14Se2/c1-3-12-8-9-13-11-6-4-10(2)5-7-11/h4-9H,3H2,1-2H3/b9-8-. The van der Waals surface area contributed by atoms with E-state index in [1.165, 1.54) is 15.3 Å². The molecule has 0 aliphatic rings. The van der Waals surface area contributed by atoms with E-state index in [1.54, 1.807) is 0 Å². The Balaban J connectivity index is 2.41. The summed E-state index contributed by atoms with van der Waals surface area (Å²) in [5.74, 6) is 0. The van der Waals surface area contributed by atoms with Gasteiger partial charge in [-0.15, -0.1) is 0 Å². The molecule has 0 saturated carbocycles. The van der Waals surface area contributed by atoms with Gasteiger partial charge < -0.3 is 0 Å². The summed E-state index contributed by atoms with van der Waals surface area (Å²) in [7, 11) is 0. The van der Waals surface area contributed by atoms with E-state index >= 15 is 0 Å². The zero-order chi connectivity index (χ0) is 9.52. The number of hydrogen-bond acceptors (Lipinski definition) is 0. The molecule has 2 heteroatoms. The molecule has 0 nitrogen and oxygen atoms in total. The van der Waals surface area contributed by atoms with Gasteiger partial charge in [0.05, 0.1) is 0 Å². The van der Waals surface area contributed by atoms with Crippen molar-refractivity contribution < 1.29 is 0 Å². The summed E-state index contributed by atoms with van der Waals surface area (Å²) in [6.45, 7) is 4.37. The second-order valence-corrected chi connectivity index (χ2v) is 7.19. The molecule has 0 radical (unpaired) electrons. The summed E-state index contributed by atoms with van der Waals surface area (Å²) in [6.07, 6.45) is 0. The van der Waals surface area contributed by atoms with Gasteiger partial charge in [-0.2, -0.15) is 0 Å².